The average molecular weight is 389 g/mol. The summed E-state index contributed by atoms with van der Waals surface area (Å²) in [4.78, 5) is 4.98. The molecular weight excluding hydrogens is 360 g/mol. The molecule has 0 amide bonds. The monoisotopic (exact) mass is 388 g/mol. The van der Waals surface area contributed by atoms with Crippen LogP contribution in [0.25, 0.3) is 11.3 Å². The van der Waals surface area contributed by atoms with E-state index in [-0.39, 0.29) is 0 Å². The van der Waals surface area contributed by atoms with Crippen LogP contribution in [-0.4, -0.2) is 52.4 Å². The Kier molecular flexibility index (Phi) is 4.86. The van der Waals surface area contributed by atoms with Crippen LogP contribution >= 0.6 is 0 Å². The number of hydrogen-bond acceptors (Lipinski definition) is 4. The van der Waals surface area contributed by atoms with E-state index in [9.17, 15) is 5.11 Å². The predicted octanol–water partition coefficient (Wildman–Crippen LogP) is 3.64. The van der Waals surface area contributed by atoms with Crippen molar-refractivity contribution in [2.45, 2.75) is 30.9 Å². The molecule has 29 heavy (non-hydrogen) atoms. The highest BCUT2D eigenvalue weighted by Gasteiger charge is 2.40. The van der Waals surface area contributed by atoms with Gasteiger partial charge in [-0.3, -0.25) is 10.00 Å². The van der Waals surface area contributed by atoms with Gasteiger partial charge in [-0.1, -0.05) is 42.5 Å². The Balaban J connectivity index is 1.19. The first-order valence-corrected chi connectivity index (χ1v) is 10.6. The third-order valence-corrected chi connectivity index (χ3v) is 6.61. The zero-order chi connectivity index (χ0) is 19.7. The number of nitrogens with one attached hydrogen (secondary N) is 1. The molecule has 0 aliphatic carbocycles. The zero-order valence-corrected chi connectivity index (χ0v) is 16.7. The first-order valence-electron chi connectivity index (χ1n) is 10.6. The van der Waals surface area contributed by atoms with E-state index >= 15 is 0 Å². The van der Waals surface area contributed by atoms with Crippen molar-refractivity contribution in [1.29, 1.82) is 0 Å². The number of aliphatic hydroxyl groups is 1. The lowest BCUT2D eigenvalue weighted by Crippen LogP contribution is -2.45. The van der Waals surface area contributed by atoms with Crippen LogP contribution in [0.15, 0.2) is 66.9 Å². The Hall–Kier alpha value is -2.63. The summed E-state index contributed by atoms with van der Waals surface area (Å²) in [5.41, 5.74) is 3.86. The van der Waals surface area contributed by atoms with Crippen LogP contribution in [0.3, 0.4) is 0 Å². The molecule has 5 nitrogen and oxygen atoms in total. The molecule has 2 saturated heterocycles. The molecule has 2 N–H and O–H groups in total. The Morgan fingerprint density at radius 1 is 0.931 bits per heavy atom. The van der Waals surface area contributed by atoms with Gasteiger partial charge in [0.05, 0.1) is 5.69 Å². The number of rotatable bonds is 4. The van der Waals surface area contributed by atoms with Gasteiger partial charge in [0.2, 0.25) is 0 Å². The summed E-state index contributed by atoms with van der Waals surface area (Å²) in [6, 6.07) is 21.5. The van der Waals surface area contributed by atoms with E-state index < -0.39 is 5.60 Å². The molecule has 2 aliphatic heterocycles. The number of hydrogen-bond donors (Lipinski definition) is 2. The number of aromatic amines is 1. The van der Waals surface area contributed by atoms with Gasteiger partial charge >= 0.3 is 0 Å². The molecule has 5 rings (SSSR count). The van der Waals surface area contributed by atoms with Gasteiger partial charge in [0, 0.05) is 44.1 Å². The first kappa shape index (κ1) is 18.4. The quantitative estimate of drug-likeness (QED) is 0.717. The van der Waals surface area contributed by atoms with E-state index in [1.54, 1.807) is 6.20 Å². The SMILES string of the molecule is OC1(c2ccccc2)CCN(C2CCN(c3ccc(-c4ccn[nH]4)cc3)CC2)C1. The van der Waals surface area contributed by atoms with Gasteiger partial charge in [-0.2, -0.15) is 5.10 Å². The topological polar surface area (TPSA) is 55.4 Å². The summed E-state index contributed by atoms with van der Waals surface area (Å²) in [7, 11) is 0. The molecule has 1 aromatic heterocycles. The largest absolute Gasteiger partial charge is 0.384 e. The van der Waals surface area contributed by atoms with Crippen LogP contribution < -0.4 is 4.90 Å². The minimum atomic E-state index is -0.694. The molecule has 0 radical (unpaired) electrons. The lowest BCUT2D eigenvalue weighted by Gasteiger charge is -2.38. The maximum Gasteiger partial charge on any atom is 0.103 e. The van der Waals surface area contributed by atoms with E-state index in [1.807, 2.05) is 24.3 Å². The van der Waals surface area contributed by atoms with E-state index in [1.165, 1.54) is 11.3 Å². The molecule has 0 saturated carbocycles. The Morgan fingerprint density at radius 3 is 2.38 bits per heavy atom. The number of H-pyrrole nitrogens is 1. The van der Waals surface area contributed by atoms with Gasteiger partial charge in [0.1, 0.15) is 5.60 Å². The Labute approximate surface area is 172 Å². The number of β-amino-alcohol motifs (C(OH)–C–C–N with tert-alkyl or cyclic N) is 1. The van der Waals surface area contributed by atoms with Crippen LogP contribution in [0.4, 0.5) is 5.69 Å². The summed E-state index contributed by atoms with van der Waals surface area (Å²) in [6.07, 6.45) is 4.90. The Morgan fingerprint density at radius 2 is 1.69 bits per heavy atom. The van der Waals surface area contributed by atoms with E-state index in [2.05, 4.69) is 56.4 Å². The number of anilines is 1. The van der Waals surface area contributed by atoms with Gasteiger partial charge in [0.15, 0.2) is 0 Å². The second kappa shape index (κ2) is 7.65. The summed E-state index contributed by atoms with van der Waals surface area (Å²) < 4.78 is 0. The molecule has 3 heterocycles. The van der Waals surface area contributed by atoms with Crippen molar-refractivity contribution in [2.24, 2.45) is 0 Å². The molecule has 1 unspecified atom stereocenters. The highest BCUT2D eigenvalue weighted by molar-refractivity contribution is 5.62. The fourth-order valence-electron chi connectivity index (χ4n) is 4.88. The Bertz CT molecular complexity index is 917. The van der Waals surface area contributed by atoms with Crippen molar-refractivity contribution >= 4 is 5.69 Å². The van der Waals surface area contributed by atoms with Gasteiger partial charge in [-0.05, 0) is 48.6 Å². The lowest BCUT2D eigenvalue weighted by atomic mass is 9.93. The van der Waals surface area contributed by atoms with E-state index in [4.69, 9.17) is 0 Å². The molecule has 5 heteroatoms. The molecule has 0 bridgehead atoms. The van der Waals surface area contributed by atoms with Gasteiger partial charge in [-0.25, -0.2) is 0 Å². The van der Waals surface area contributed by atoms with Crippen molar-refractivity contribution in [1.82, 2.24) is 15.1 Å². The highest BCUT2D eigenvalue weighted by Crippen LogP contribution is 2.35. The maximum atomic E-state index is 11.1. The summed E-state index contributed by atoms with van der Waals surface area (Å²) in [5.74, 6) is 0. The van der Waals surface area contributed by atoms with Crippen molar-refractivity contribution in [3.8, 4) is 11.3 Å². The third kappa shape index (κ3) is 3.68. The average Bonchev–Trinajstić information content (AvgIpc) is 3.46. The second-order valence-corrected chi connectivity index (χ2v) is 8.35. The van der Waals surface area contributed by atoms with Crippen LogP contribution in [0, 0.1) is 0 Å². The molecule has 2 fully saturated rings. The number of nitrogens with zero attached hydrogens (tertiary/aromatic N) is 3. The van der Waals surface area contributed by atoms with Gasteiger partial charge < -0.3 is 10.0 Å². The summed E-state index contributed by atoms with van der Waals surface area (Å²) >= 11 is 0. The number of aromatic nitrogens is 2. The zero-order valence-electron chi connectivity index (χ0n) is 16.7. The molecule has 1 atom stereocenters. The number of benzene rings is 2. The van der Waals surface area contributed by atoms with Gasteiger partial charge in [0.25, 0.3) is 0 Å². The minimum Gasteiger partial charge on any atom is -0.384 e. The molecular formula is C24H28N4O. The van der Waals surface area contributed by atoms with E-state index in [0.29, 0.717) is 6.04 Å². The smallest absolute Gasteiger partial charge is 0.103 e. The van der Waals surface area contributed by atoms with Crippen molar-refractivity contribution in [2.75, 3.05) is 31.1 Å². The fourth-order valence-corrected chi connectivity index (χ4v) is 4.88. The first-order chi connectivity index (χ1) is 14.2. The molecule has 150 valence electrons. The van der Waals surface area contributed by atoms with Crippen LogP contribution in [0.1, 0.15) is 24.8 Å². The van der Waals surface area contributed by atoms with E-state index in [0.717, 1.165) is 56.7 Å². The number of likely N-dealkylation sites (tertiary alicyclic amines) is 1. The predicted molar refractivity (Wildman–Crippen MR) is 116 cm³/mol. The summed E-state index contributed by atoms with van der Waals surface area (Å²) in [5, 5.41) is 18.2. The van der Waals surface area contributed by atoms with Crippen molar-refractivity contribution in [3.05, 3.63) is 72.4 Å². The molecule has 2 aromatic carbocycles. The number of piperidine rings is 1. The maximum absolute atomic E-state index is 11.1. The van der Waals surface area contributed by atoms with Crippen molar-refractivity contribution < 1.29 is 5.11 Å². The molecule has 0 spiro atoms. The molecule has 2 aliphatic rings. The van der Waals surface area contributed by atoms with Crippen LogP contribution in [0.5, 0.6) is 0 Å². The third-order valence-electron chi connectivity index (χ3n) is 6.61. The lowest BCUT2D eigenvalue weighted by molar-refractivity contribution is 0.0385. The normalized spacial score (nSPS) is 23.6. The van der Waals surface area contributed by atoms with Crippen LogP contribution in [0.2, 0.25) is 0 Å². The standard InChI is InChI=1S/C24H28N4O/c29-24(20-4-2-1-3-5-20)13-17-28(18-24)22-11-15-27(16-12-22)21-8-6-19(7-9-21)23-10-14-25-26-23/h1-10,14,22,29H,11-13,15-18H2,(H,25,26). The summed E-state index contributed by atoms with van der Waals surface area (Å²) in [6.45, 7) is 3.86. The van der Waals surface area contributed by atoms with Gasteiger partial charge in [-0.15, -0.1) is 0 Å². The molecule has 3 aromatic rings. The minimum absolute atomic E-state index is 0.563. The second-order valence-electron chi connectivity index (χ2n) is 8.35. The van der Waals surface area contributed by atoms with Crippen molar-refractivity contribution in [3.63, 3.8) is 0 Å². The van der Waals surface area contributed by atoms with Crippen LogP contribution in [-0.2, 0) is 5.60 Å². The highest BCUT2D eigenvalue weighted by atomic mass is 16.3. The fraction of sp³-hybridized carbons (Fsp3) is 0.375.